The minimum Gasteiger partial charge on any atom is -0.364 e. The zero-order valence-corrected chi connectivity index (χ0v) is 19.3. The second-order valence-corrected chi connectivity index (χ2v) is 9.08. The molecule has 1 aromatic heterocycles. The van der Waals surface area contributed by atoms with Crippen molar-refractivity contribution in [3.05, 3.63) is 84.2 Å². The summed E-state index contributed by atoms with van der Waals surface area (Å²) in [5, 5.41) is 0. The van der Waals surface area contributed by atoms with E-state index in [1.54, 1.807) is 0 Å². The quantitative estimate of drug-likeness (QED) is 0.417. The molecule has 0 saturated carbocycles. The maximum atomic E-state index is 14.1. The van der Waals surface area contributed by atoms with Crippen LogP contribution in [0.3, 0.4) is 0 Å². The molecule has 0 spiro atoms. The van der Waals surface area contributed by atoms with Crippen LogP contribution in [0.4, 0.5) is 5.69 Å². The van der Waals surface area contributed by atoms with Crippen LogP contribution in [0.25, 0.3) is 22.2 Å². The molecule has 6 heteroatoms. The van der Waals surface area contributed by atoms with Crippen molar-refractivity contribution in [2.45, 2.75) is 38.6 Å². The molecule has 4 aromatic rings. The van der Waals surface area contributed by atoms with Gasteiger partial charge in [0, 0.05) is 30.9 Å². The molecule has 0 bridgehead atoms. The zero-order valence-electron chi connectivity index (χ0n) is 19.3. The highest BCUT2D eigenvalue weighted by Gasteiger charge is 2.53. The number of primary amides is 1. The average Bonchev–Trinajstić information content (AvgIpc) is 3.48. The Labute approximate surface area is 199 Å². The van der Waals surface area contributed by atoms with E-state index in [-0.39, 0.29) is 16.8 Å². The Kier molecular flexibility index (Phi) is 5.75. The highest BCUT2D eigenvalue weighted by Crippen LogP contribution is 2.42. The summed E-state index contributed by atoms with van der Waals surface area (Å²) < 4.78 is -0.0277. The normalized spacial score (nSPS) is 20.0. The maximum Gasteiger partial charge on any atom is 0.319 e. The number of benzene rings is 3. The average molecular weight is 454 g/mol. The molecule has 2 atom stereocenters. The number of amides is 2. The van der Waals surface area contributed by atoms with Crippen molar-refractivity contribution in [3.63, 3.8) is 0 Å². The van der Waals surface area contributed by atoms with Crippen molar-refractivity contribution in [1.82, 2.24) is 14.5 Å². The Morgan fingerprint density at radius 3 is 2.47 bits per heavy atom. The summed E-state index contributed by atoms with van der Waals surface area (Å²) >= 11 is 0. The van der Waals surface area contributed by atoms with Crippen LogP contribution in [0.5, 0.6) is 0 Å². The third-order valence-electron chi connectivity index (χ3n) is 7.08. The summed E-state index contributed by atoms with van der Waals surface area (Å²) in [7, 11) is 0. The standard InChI is InChI=1S/C28H28N4O2/c1-19-9-2-3-10-20(19)21-11-4-7-14-24(21)32(18-8-15-25(32)28(29)34)27(33)17-16-26-30-22-12-5-6-13-23(22)31-26/h2-7,9-14,25H,8,15-18H2,1H3,(H2-,29,30,31,34)/p+1/t25-,32?/m0/s1. The minimum atomic E-state index is -0.576. The Morgan fingerprint density at radius 2 is 1.71 bits per heavy atom. The molecule has 0 radical (unpaired) electrons. The van der Waals surface area contributed by atoms with E-state index in [2.05, 4.69) is 29.0 Å². The number of hydrogen-bond donors (Lipinski definition) is 2. The van der Waals surface area contributed by atoms with Gasteiger partial charge >= 0.3 is 5.91 Å². The van der Waals surface area contributed by atoms with E-state index in [0.717, 1.165) is 45.7 Å². The molecular formula is C28H29N4O2+. The molecule has 0 aliphatic carbocycles. The van der Waals surface area contributed by atoms with Crippen molar-refractivity contribution < 1.29 is 9.59 Å². The van der Waals surface area contributed by atoms with Crippen molar-refractivity contribution in [1.29, 1.82) is 0 Å². The van der Waals surface area contributed by atoms with Crippen LogP contribution in [0.2, 0.25) is 0 Å². The second kappa shape index (κ2) is 8.88. The number of likely N-dealkylation sites (tertiary alicyclic amines) is 1. The van der Waals surface area contributed by atoms with Gasteiger partial charge in [0.1, 0.15) is 11.5 Å². The van der Waals surface area contributed by atoms with Gasteiger partial charge in [-0.2, -0.15) is 0 Å². The van der Waals surface area contributed by atoms with E-state index >= 15 is 0 Å². The van der Waals surface area contributed by atoms with Gasteiger partial charge in [0.25, 0.3) is 5.91 Å². The van der Waals surface area contributed by atoms with E-state index in [0.29, 0.717) is 19.4 Å². The first-order chi connectivity index (χ1) is 16.5. The van der Waals surface area contributed by atoms with Gasteiger partial charge in [0.15, 0.2) is 6.04 Å². The van der Waals surface area contributed by atoms with E-state index in [9.17, 15) is 9.59 Å². The number of nitrogens with one attached hydrogen (secondary N) is 1. The van der Waals surface area contributed by atoms with Crippen LogP contribution in [-0.4, -0.2) is 34.4 Å². The number of aryl methyl sites for hydroxylation is 2. The number of para-hydroxylation sites is 3. The molecule has 6 nitrogen and oxygen atoms in total. The first-order valence-corrected chi connectivity index (χ1v) is 11.8. The molecule has 1 aliphatic heterocycles. The summed E-state index contributed by atoms with van der Waals surface area (Å²) in [6, 6.07) is 23.4. The Bertz CT molecular complexity index is 1340. The number of quaternary nitrogens is 1. The lowest BCUT2D eigenvalue weighted by atomic mass is 9.96. The van der Waals surface area contributed by atoms with Crippen LogP contribution in [0, 0.1) is 6.92 Å². The van der Waals surface area contributed by atoms with Crippen LogP contribution >= 0.6 is 0 Å². The van der Waals surface area contributed by atoms with Gasteiger partial charge in [-0.25, -0.2) is 14.3 Å². The number of aromatic nitrogens is 2. The lowest BCUT2D eigenvalue weighted by molar-refractivity contribution is -0.136. The number of rotatable bonds is 6. The van der Waals surface area contributed by atoms with Gasteiger partial charge in [-0.1, -0.05) is 48.5 Å². The number of aromatic amines is 1. The molecule has 5 rings (SSSR count). The van der Waals surface area contributed by atoms with Gasteiger partial charge < -0.3 is 10.7 Å². The molecule has 3 aromatic carbocycles. The van der Waals surface area contributed by atoms with Crippen LogP contribution < -0.4 is 10.2 Å². The van der Waals surface area contributed by atoms with Crippen LogP contribution in [0.15, 0.2) is 72.8 Å². The molecule has 3 N–H and O–H groups in total. The SMILES string of the molecule is Cc1ccccc1-c1ccccc1[N+]1(C(=O)CCc2nc3ccccc3[nH]2)CCC[C@H]1C(N)=O. The van der Waals surface area contributed by atoms with Gasteiger partial charge in [0.05, 0.1) is 24.0 Å². The highest BCUT2D eigenvalue weighted by molar-refractivity contribution is 6.00. The predicted molar refractivity (Wildman–Crippen MR) is 135 cm³/mol. The molecule has 1 aliphatic rings. The number of hydrogen-bond acceptors (Lipinski definition) is 3. The van der Waals surface area contributed by atoms with E-state index < -0.39 is 11.9 Å². The van der Waals surface area contributed by atoms with Crippen LogP contribution in [-0.2, 0) is 16.0 Å². The number of nitrogens with zero attached hydrogens (tertiary/aromatic N) is 2. The third kappa shape index (κ3) is 3.70. The predicted octanol–water partition coefficient (Wildman–Crippen LogP) is 4.65. The van der Waals surface area contributed by atoms with E-state index in [1.807, 2.05) is 60.7 Å². The third-order valence-corrected chi connectivity index (χ3v) is 7.08. The Morgan fingerprint density at radius 1 is 1.00 bits per heavy atom. The Hall–Kier alpha value is -3.77. The minimum absolute atomic E-state index is 0.00258. The second-order valence-electron chi connectivity index (χ2n) is 9.08. The fourth-order valence-electron chi connectivity index (χ4n) is 5.46. The summed E-state index contributed by atoms with van der Waals surface area (Å²) in [6.45, 7) is 2.63. The number of H-pyrrole nitrogens is 1. The molecule has 2 heterocycles. The zero-order chi connectivity index (χ0) is 23.7. The molecule has 2 amide bonds. The lowest BCUT2D eigenvalue weighted by Crippen LogP contribution is -2.62. The molecule has 1 fully saturated rings. The number of fused-ring (bicyclic) bond motifs is 1. The summed E-state index contributed by atoms with van der Waals surface area (Å²) in [6.07, 6.45) is 2.12. The number of carbonyl (C=O) groups excluding carboxylic acids is 2. The maximum absolute atomic E-state index is 14.1. The first kappa shape index (κ1) is 22.0. The molecule has 1 unspecified atom stereocenters. The number of nitrogens with two attached hydrogens (primary N) is 1. The van der Waals surface area contributed by atoms with E-state index in [4.69, 9.17) is 5.73 Å². The lowest BCUT2D eigenvalue weighted by Gasteiger charge is -2.37. The van der Waals surface area contributed by atoms with Gasteiger partial charge in [-0.3, -0.25) is 4.79 Å². The van der Waals surface area contributed by atoms with Crippen molar-refractivity contribution in [2.75, 3.05) is 6.54 Å². The smallest absolute Gasteiger partial charge is 0.319 e. The highest BCUT2D eigenvalue weighted by atomic mass is 16.2. The van der Waals surface area contributed by atoms with Gasteiger partial charge in [0.2, 0.25) is 0 Å². The summed E-state index contributed by atoms with van der Waals surface area (Å²) in [5.74, 6) is 0.353. The Balaban J connectivity index is 1.56. The number of imidazole rings is 1. The van der Waals surface area contributed by atoms with Crippen molar-refractivity contribution in [2.24, 2.45) is 5.73 Å². The van der Waals surface area contributed by atoms with Gasteiger partial charge in [-0.05, 0) is 36.2 Å². The molecular weight excluding hydrogens is 424 g/mol. The molecule has 1 saturated heterocycles. The summed E-state index contributed by atoms with van der Waals surface area (Å²) in [4.78, 5) is 34.6. The van der Waals surface area contributed by atoms with Crippen molar-refractivity contribution >= 4 is 28.5 Å². The fourth-order valence-corrected chi connectivity index (χ4v) is 5.46. The van der Waals surface area contributed by atoms with Gasteiger partial charge in [-0.15, -0.1) is 0 Å². The first-order valence-electron chi connectivity index (χ1n) is 11.8. The van der Waals surface area contributed by atoms with Crippen LogP contribution in [0.1, 0.15) is 30.7 Å². The van der Waals surface area contributed by atoms with Crippen molar-refractivity contribution in [3.8, 4) is 11.1 Å². The fraction of sp³-hybridized carbons (Fsp3) is 0.250. The van der Waals surface area contributed by atoms with E-state index in [1.165, 1.54) is 0 Å². The summed E-state index contributed by atoms with van der Waals surface area (Å²) in [5.41, 5.74) is 11.8. The molecule has 172 valence electrons. The molecule has 34 heavy (non-hydrogen) atoms. The largest absolute Gasteiger partial charge is 0.364 e. The number of carbonyl (C=O) groups is 2. The monoisotopic (exact) mass is 453 g/mol. The topological polar surface area (TPSA) is 88.8 Å².